The van der Waals surface area contributed by atoms with Gasteiger partial charge in [-0.2, -0.15) is 13.2 Å². The van der Waals surface area contributed by atoms with Gasteiger partial charge in [0.15, 0.2) is 0 Å². The van der Waals surface area contributed by atoms with Crippen LogP contribution in [0.5, 0.6) is 0 Å². The number of carbonyl (C=O) groups is 1. The SMILES string of the molecule is CC1(C)OB(c2ccn3c(-c4cc(C(F)(F)F)ccc4F)cnc3c2)OC1(C)C.NC=O. The lowest BCUT2D eigenvalue weighted by molar-refractivity contribution is -0.137. The number of amides is 1. The van der Waals surface area contributed by atoms with E-state index in [0.29, 0.717) is 5.65 Å². The second-order valence-corrected chi connectivity index (χ2v) is 8.25. The van der Waals surface area contributed by atoms with E-state index in [2.05, 4.69) is 10.7 Å². The Morgan fingerprint density at radius 3 is 2.25 bits per heavy atom. The van der Waals surface area contributed by atoms with Gasteiger partial charge in [0.25, 0.3) is 0 Å². The smallest absolute Gasteiger partial charge is 0.399 e. The summed E-state index contributed by atoms with van der Waals surface area (Å²) in [4.78, 5) is 12.8. The van der Waals surface area contributed by atoms with E-state index >= 15 is 0 Å². The van der Waals surface area contributed by atoms with Crippen LogP contribution in [0.15, 0.2) is 42.7 Å². The van der Waals surface area contributed by atoms with Gasteiger partial charge >= 0.3 is 13.3 Å². The fourth-order valence-corrected chi connectivity index (χ4v) is 3.22. The lowest BCUT2D eigenvalue weighted by Crippen LogP contribution is -2.41. The number of benzene rings is 1. The summed E-state index contributed by atoms with van der Waals surface area (Å²) in [6.07, 6.45) is -1.34. The van der Waals surface area contributed by atoms with Crippen LogP contribution in [-0.2, 0) is 20.3 Å². The molecule has 1 saturated heterocycles. The van der Waals surface area contributed by atoms with E-state index in [9.17, 15) is 17.6 Å². The number of hydrogen-bond acceptors (Lipinski definition) is 4. The Bertz CT molecular complexity index is 1130. The van der Waals surface area contributed by atoms with Crippen LogP contribution < -0.4 is 11.2 Å². The summed E-state index contributed by atoms with van der Waals surface area (Å²) in [6, 6.07) is 5.78. The highest BCUT2D eigenvalue weighted by Crippen LogP contribution is 2.37. The molecule has 0 atom stereocenters. The molecule has 32 heavy (non-hydrogen) atoms. The summed E-state index contributed by atoms with van der Waals surface area (Å²) in [5.41, 5.74) is 3.45. The number of rotatable bonds is 2. The first-order chi connectivity index (χ1) is 14.8. The number of primary amides is 1. The lowest BCUT2D eigenvalue weighted by atomic mass is 9.80. The first-order valence-corrected chi connectivity index (χ1v) is 9.66. The van der Waals surface area contributed by atoms with Gasteiger partial charge < -0.3 is 15.0 Å². The van der Waals surface area contributed by atoms with E-state index in [1.165, 1.54) is 10.6 Å². The van der Waals surface area contributed by atoms with Crippen LogP contribution in [0.1, 0.15) is 33.3 Å². The van der Waals surface area contributed by atoms with Crippen LogP contribution in [0.3, 0.4) is 0 Å². The molecule has 0 radical (unpaired) electrons. The van der Waals surface area contributed by atoms with E-state index < -0.39 is 35.9 Å². The maximum atomic E-state index is 14.3. The van der Waals surface area contributed by atoms with Gasteiger partial charge in [-0.3, -0.25) is 9.20 Å². The molecular weight excluding hydrogens is 429 g/mol. The average Bonchev–Trinajstić information content (AvgIpc) is 3.19. The molecule has 11 heteroatoms. The number of alkyl halides is 3. The molecule has 3 aromatic rings. The first kappa shape index (κ1) is 23.7. The number of nitrogens with zero attached hydrogens (tertiary/aromatic N) is 2. The number of hydrogen-bond donors (Lipinski definition) is 1. The maximum Gasteiger partial charge on any atom is 0.495 e. The van der Waals surface area contributed by atoms with E-state index in [0.717, 1.165) is 23.7 Å². The molecule has 3 heterocycles. The Hall–Kier alpha value is -2.92. The van der Waals surface area contributed by atoms with Crippen molar-refractivity contribution in [2.24, 2.45) is 5.73 Å². The number of nitrogens with two attached hydrogens (primary N) is 1. The first-order valence-electron chi connectivity index (χ1n) is 9.66. The fraction of sp³-hybridized carbons (Fsp3) is 0.333. The zero-order chi connectivity index (χ0) is 23.9. The van der Waals surface area contributed by atoms with E-state index in [1.807, 2.05) is 27.7 Å². The Kier molecular flexibility index (Phi) is 6.09. The number of halogens is 4. The molecule has 0 spiro atoms. The van der Waals surface area contributed by atoms with Crippen molar-refractivity contribution in [2.75, 3.05) is 0 Å². The number of carbonyl (C=O) groups excluding carboxylic acids is 1. The summed E-state index contributed by atoms with van der Waals surface area (Å²) >= 11 is 0. The standard InChI is InChI=1S/C20H19BF4N2O2.CH3NO/c1-18(2)19(3,4)29-21(28-18)13-7-8-27-16(11-26-17(27)10-13)14-9-12(20(23,24)25)5-6-15(14)22;2-1-3/h5-11H,1-4H3;1H,(H2,2,3). The van der Waals surface area contributed by atoms with Crippen LogP contribution >= 0.6 is 0 Å². The highest BCUT2D eigenvalue weighted by Gasteiger charge is 2.51. The summed E-state index contributed by atoms with van der Waals surface area (Å²) in [7, 11) is -0.601. The van der Waals surface area contributed by atoms with Crippen molar-refractivity contribution in [2.45, 2.75) is 45.1 Å². The molecule has 0 bridgehead atoms. The van der Waals surface area contributed by atoms with Crippen molar-refractivity contribution < 1.29 is 31.7 Å². The van der Waals surface area contributed by atoms with Crippen LogP contribution in [-0.4, -0.2) is 34.1 Å². The topological polar surface area (TPSA) is 78.8 Å². The number of pyridine rings is 1. The maximum absolute atomic E-state index is 14.3. The molecule has 1 aliphatic rings. The molecule has 1 amide bonds. The van der Waals surface area contributed by atoms with Crippen LogP contribution in [0.25, 0.3) is 16.9 Å². The van der Waals surface area contributed by atoms with Gasteiger partial charge in [-0.1, -0.05) is 0 Å². The van der Waals surface area contributed by atoms with E-state index in [1.54, 1.807) is 18.3 Å². The molecule has 0 unspecified atom stereocenters. The highest BCUT2D eigenvalue weighted by molar-refractivity contribution is 6.62. The summed E-state index contributed by atoms with van der Waals surface area (Å²) in [5, 5.41) is 0. The molecular formula is C21H22BF4N3O3. The monoisotopic (exact) mass is 451 g/mol. The van der Waals surface area contributed by atoms with Crippen molar-refractivity contribution in [3.05, 3.63) is 54.1 Å². The summed E-state index contributed by atoms with van der Waals surface area (Å²) in [5.74, 6) is -0.755. The van der Waals surface area contributed by atoms with Gasteiger partial charge in [0.1, 0.15) is 11.5 Å². The third-order valence-corrected chi connectivity index (χ3v) is 5.63. The van der Waals surface area contributed by atoms with Crippen LogP contribution in [0.4, 0.5) is 17.6 Å². The third-order valence-electron chi connectivity index (χ3n) is 5.63. The lowest BCUT2D eigenvalue weighted by Gasteiger charge is -2.32. The molecule has 6 nitrogen and oxygen atoms in total. The molecule has 2 aromatic heterocycles. The van der Waals surface area contributed by atoms with Crippen molar-refractivity contribution in [3.8, 4) is 11.3 Å². The quantitative estimate of drug-likeness (QED) is 0.367. The number of fused-ring (bicyclic) bond motifs is 1. The zero-order valence-corrected chi connectivity index (χ0v) is 17.9. The Morgan fingerprint density at radius 2 is 1.69 bits per heavy atom. The van der Waals surface area contributed by atoms with Gasteiger partial charge in [0.05, 0.1) is 28.7 Å². The summed E-state index contributed by atoms with van der Waals surface area (Å²) < 4.78 is 67.0. The molecule has 1 aliphatic heterocycles. The molecule has 4 rings (SSSR count). The molecule has 1 aromatic carbocycles. The van der Waals surface area contributed by atoms with Gasteiger partial charge in [0, 0.05) is 11.8 Å². The summed E-state index contributed by atoms with van der Waals surface area (Å²) in [6.45, 7) is 7.76. The molecule has 0 saturated carbocycles. The molecule has 0 aliphatic carbocycles. The van der Waals surface area contributed by atoms with Gasteiger partial charge in [0.2, 0.25) is 6.41 Å². The minimum absolute atomic E-state index is 0.171. The predicted octanol–water partition coefficient (Wildman–Crippen LogP) is 3.56. The molecule has 1 fully saturated rings. The van der Waals surface area contributed by atoms with Crippen molar-refractivity contribution >= 4 is 24.6 Å². The normalized spacial score (nSPS) is 17.2. The zero-order valence-electron chi connectivity index (χ0n) is 17.9. The van der Waals surface area contributed by atoms with Crippen LogP contribution in [0.2, 0.25) is 0 Å². The average molecular weight is 451 g/mol. The highest BCUT2D eigenvalue weighted by atomic mass is 19.4. The third kappa shape index (κ3) is 4.35. The largest absolute Gasteiger partial charge is 0.495 e. The van der Waals surface area contributed by atoms with Gasteiger partial charge in [-0.15, -0.1) is 0 Å². The van der Waals surface area contributed by atoms with E-state index in [4.69, 9.17) is 14.1 Å². The van der Waals surface area contributed by atoms with Crippen molar-refractivity contribution in [3.63, 3.8) is 0 Å². The Labute approximate surface area is 182 Å². The second-order valence-electron chi connectivity index (χ2n) is 8.25. The van der Waals surface area contributed by atoms with Crippen molar-refractivity contribution in [1.82, 2.24) is 9.38 Å². The second kappa shape index (κ2) is 8.21. The Balaban J connectivity index is 0.000000913. The fourth-order valence-electron chi connectivity index (χ4n) is 3.22. The molecule has 170 valence electrons. The van der Waals surface area contributed by atoms with E-state index in [-0.39, 0.29) is 17.7 Å². The minimum Gasteiger partial charge on any atom is -0.399 e. The van der Waals surface area contributed by atoms with Crippen LogP contribution in [0, 0.1) is 5.82 Å². The van der Waals surface area contributed by atoms with Gasteiger partial charge in [-0.25, -0.2) is 9.37 Å². The minimum atomic E-state index is -4.56. The molecule has 2 N–H and O–H groups in total. The predicted molar refractivity (Wildman–Crippen MR) is 112 cm³/mol. The number of aromatic nitrogens is 2. The van der Waals surface area contributed by atoms with Crippen molar-refractivity contribution in [1.29, 1.82) is 0 Å². The van der Waals surface area contributed by atoms with Gasteiger partial charge in [-0.05, 0) is 63.5 Å². The number of imidazole rings is 1. The Morgan fingerprint density at radius 1 is 1.09 bits per heavy atom.